The summed E-state index contributed by atoms with van der Waals surface area (Å²) in [6, 6.07) is 16.4. The summed E-state index contributed by atoms with van der Waals surface area (Å²) in [5.41, 5.74) is 1.31. The molecule has 0 aliphatic carbocycles. The normalized spacial score (nSPS) is 11.3. The maximum absolute atomic E-state index is 10.1. The van der Waals surface area contributed by atoms with Crippen molar-refractivity contribution in [1.82, 2.24) is 0 Å². The van der Waals surface area contributed by atoms with E-state index in [4.69, 9.17) is 23.2 Å². The Morgan fingerprint density at radius 1 is 0.905 bits per heavy atom. The highest BCUT2D eigenvalue weighted by Crippen LogP contribution is 2.28. The molecular formula is C17H11Cl2NO. The fraction of sp³-hybridized carbons (Fsp3) is 0. The zero-order valence-corrected chi connectivity index (χ0v) is 12.4. The van der Waals surface area contributed by atoms with Gasteiger partial charge in [-0.25, -0.2) is 0 Å². The number of phenolic OH excluding ortho intramolecular Hbond substituents is 1. The zero-order valence-electron chi connectivity index (χ0n) is 10.9. The van der Waals surface area contributed by atoms with Crippen molar-refractivity contribution in [2.45, 2.75) is 0 Å². The minimum Gasteiger partial charge on any atom is -0.507 e. The number of aliphatic imine (C=N–C) groups is 1. The summed E-state index contributed by atoms with van der Waals surface area (Å²) in [5.74, 6) is 0.186. The Morgan fingerprint density at radius 3 is 2.38 bits per heavy atom. The number of hydrogen-bond acceptors (Lipinski definition) is 2. The molecule has 0 bridgehead atoms. The topological polar surface area (TPSA) is 32.6 Å². The van der Waals surface area contributed by atoms with Gasteiger partial charge in [-0.05, 0) is 35.0 Å². The molecule has 0 atom stereocenters. The van der Waals surface area contributed by atoms with Crippen molar-refractivity contribution in [3.63, 3.8) is 0 Å². The molecule has 0 aliphatic rings. The lowest BCUT2D eigenvalue weighted by molar-refractivity contribution is 0.475. The molecule has 21 heavy (non-hydrogen) atoms. The first kappa shape index (κ1) is 13.9. The molecule has 0 spiro atoms. The SMILES string of the molecule is Oc1ccc2ccccc2c1C=Nc1cc(Cl)cc(Cl)c1. The van der Waals surface area contributed by atoms with Crippen LogP contribution in [0.3, 0.4) is 0 Å². The molecule has 0 saturated carbocycles. The summed E-state index contributed by atoms with van der Waals surface area (Å²) in [4.78, 5) is 4.36. The molecule has 4 heteroatoms. The molecule has 1 N–H and O–H groups in total. The van der Waals surface area contributed by atoms with Crippen LogP contribution in [0.5, 0.6) is 5.75 Å². The minimum atomic E-state index is 0.186. The van der Waals surface area contributed by atoms with Crippen LogP contribution >= 0.6 is 23.2 Å². The average Bonchev–Trinajstić information content (AvgIpc) is 2.45. The molecule has 0 aliphatic heterocycles. The Bertz CT molecular complexity index is 823. The van der Waals surface area contributed by atoms with Crippen molar-refractivity contribution >= 4 is 45.9 Å². The maximum atomic E-state index is 10.1. The van der Waals surface area contributed by atoms with Crippen molar-refractivity contribution < 1.29 is 5.11 Å². The Balaban J connectivity index is 2.08. The fourth-order valence-corrected chi connectivity index (χ4v) is 2.69. The summed E-state index contributed by atoms with van der Waals surface area (Å²) >= 11 is 11.9. The van der Waals surface area contributed by atoms with Gasteiger partial charge in [0.2, 0.25) is 0 Å². The summed E-state index contributed by atoms with van der Waals surface area (Å²) < 4.78 is 0. The van der Waals surface area contributed by atoms with E-state index >= 15 is 0 Å². The molecule has 104 valence electrons. The molecule has 0 heterocycles. The first-order chi connectivity index (χ1) is 10.1. The third-order valence-corrected chi connectivity index (χ3v) is 3.57. The Morgan fingerprint density at radius 2 is 1.62 bits per heavy atom. The molecule has 3 rings (SSSR count). The van der Waals surface area contributed by atoms with E-state index in [2.05, 4.69) is 4.99 Å². The molecular weight excluding hydrogens is 305 g/mol. The van der Waals surface area contributed by atoms with Crippen molar-refractivity contribution in [3.8, 4) is 5.75 Å². The van der Waals surface area contributed by atoms with E-state index in [0.717, 1.165) is 10.8 Å². The number of benzene rings is 3. The second-order valence-corrected chi connectivity index (χ2v) is 5.48. The van der Waals surface area contributed by atoms with Crippen molar-refractivity contribution in [2.24, 2.45) is 4.99 Å². The van der Waals surface area contributed by atoms with E-state index in [0.29, 0.717) is 21.3 Å². The molecule has 0 radical (unpaired) electrons. The van der Waals surface area contributed by atoms with E-state index in [9.17, 15) is 5.11 Å². The lowest BCUT2D eigenvalue weighted by atomic mass is 10.0. The summed E-state index contributed by atoms with van der Waals surface area (Å²) in [5, 5.41) is 13.1. The van der Waals surface area contributed by atoms with Crippen LogP contribution in [0.1, 0.15) is 5.56 Å². The van der Waals surface area contributed by atoms with Crippen LogP contribution in [0.25, 0.3) is 10.8 Å². The van der Waals surface area contributed by atoms with Gasteiger partial charge in [-0.2, -0.15) is 0 Å². The van der Waals surface area contributed by atoms with Crippen LogP contribution < -0.4 is 0 Å². The summed E-state index contributed by atoms with van der Waals surface area (Å²) in [7, 11) is 0. The standard InChI is InChI=1S/C17H11Cl2NO/c18-12-7-13(19)9-14(8-12)20-10-16-15-4-2-1-3-11(15)5-6-17(16)21/h1-10,21H. The lowest BCUT2D eigenvalue weighted by Gasteiger charge is -2.04. The zero-order chi connectivity index (χ0) is 14.8. The predicted molar refractivity (Wildman–Crippen MR) is 89.3 cm³/mol. The third kappa shape index (κ3) is 3.02. The Kier molecular flexibility index (Phi) is 3.82. The van der Waals surface area contributed by atoms with Crippen LogP contribution in [0, 0.1) is 0 Å². The van der Waals surface area contributed by atoms with Gasteiger partial charge >= 0.3 is 0 Å². The highest BCUT2D eigenvalue weighted by molar-refractivity contribution is 6.35. The van der Waals surface area contributed by atoms with E-state index in [1.54, 1.807) is 30.5 Å². The fourth-order valence-electron chi connectivity index (χ4n) is 2.17. The third-order valence-electron chi connectivity index (χ3n) is 3.14. The lowest BCUT2D eigenvalue weighted by Crippen LogP contribution is -1.85. The quantitative estimate of drug-likeness (QED) is 0.613. The highest BCUT2D eigenvalue weighted by Gasteiger charge is 2.04. The maximum Gasteiger partial charge on any atom is 0.124 e. The molecule has 0 aromatic heterocycles. The van der Waals surface area contributed by atoms with E-state index in [1.807, 2.05) is 30.3 Å². The molecule has 0 amide bonds. The monoisotopic (exact) mass is 315 g/mol. The van der Waals surface area contributed by atoms with Gasteiger partial charge in [0, 0.05) is 21.8 Å². The molecule has 0 fully saturated rings. The van der Waals surface area contributed by atoms with Gasteiger partial charge in [-0.3, -0.25) is 4.99 Å². The molecule has 3 aromatic carbocycles. The van der Waals surface area contributed by atoms with Gasteiger partial charge in [0.1, 0.15) is 5.75 Å². The molecule has 0 unspecified atom stereocenters. The first-order valence-corrected chi connectivity index (χ1v) is 7.10. The van der Waals surface area contributed by atoms with E-state index in [-0.39, 0.29) is 5.75 Å². The van der Waals surface area contributed by atoms with Crippen LogP contribution in [0.2, 0.25) is 10.0 Å². The molecule has 3 aromatic rings. The number of phenols is 1. The first-order valence-electron chi connectivity index (χ1n) is 6.34. The minimum absolute atomic E-state index is 0.186. The van der Waals surface area contributed by atoms with E-state index in [1.165, 1.54) is 0 Å². The van der Waals surface area contributed by atoms with Gasteiger partial charge in [0.05, 0.1) is 5.69 Å². The van der Waals surface area contributed by atoms with Gasteiger partial charge in [-0.15, -0.1) is 0 Å². The van der Waals surface area contributed by atoms with Gasteiger partial charge < -0.3 is 5.11 Å². The van der Waals surface area contributed by atoms with Gasteiger partial charge in [0.15, 0.2) is 0 Å². The number of halogens is 2. The van der Waals surface area contributed by atoms with Gasteiger partial charge in [-0.1, -0.05) is 53.5 Å². The van der Waals surface area contributed by atoms with E-state index < -0.39 is 0 Å². The smallest absolute Gasteiger partial charge is 0.124 e. The predicted octanol–water partition coefficient (Wildman–Crippen LogP) is 5.60. The number of rotatable bonds is 2. The second-order valence-electron chi connectivity index (χ2n) is 4.61. The number of nitrogens with zero attached hydrogens (tertiary/aromatic N) is 1. The number of fused-ring (bicyclic) bond motifs is 1. The second kappa shape index (κ2) is 5.76. The van der Waals surface area contributed by atoms with Crippen LogP contribution in [0.4, 0.5) is 5.69 Å². The molecule has 0 saturated heterocycles. The van der Waals surface area contributed by atoms with Crippen molar-refractivity contribution in [2.75, 3.05) is 0 Å². The number of hydrogen-bond donors (Lipinski definition) is 1. The number of aromatic hydroxyl groups is 1. The van der Waals surface area contributed by atoms with Crippen molar-refractivity contribution in [3.05, 3.63) is 70.2 Å². The summed E-state index contributed by atoms with van der Waals surface area (Å²) in [6.45, 7) is 0. The average molecular weight is 316 g/mol. The Hall–Kier alpha value is -2.03. The summed E-state index contributed by atoms with van der Waals surface area (Å²) in [6.07, 6.45) is 1.62. The highest BCUT2D eigenvalue weighted by atomic mass is 35.5. The van der Waals surface area contributed by atoms with Crippen molar-refractivity contribution in [1.29, 1.82) is 0 Å². The van der Waals surface area contributed by atoms with Crippen LogP contribution in [-0.4, -0.2) is 11.3 Å². The van der Waals surface area contributed by atoms with Crippen LogP contribution in [0.15, 0.2) is 59.6 Å². The Labute approximate surface area is 132 Å². The molecule has 2 nitrogen and oxygen atoms in total. The largest absolute Gasteiger partial charge is 0.507 e. The van der Waals surface area contributed by atoms with Gasteiger partial charge in [0.25, 0.3) is 0 Å². The van der Waals surface area contributed by atoms with Crippen LogP contribution in [-0.2, 0) is 0 Å².